The quantitative estimate of drug-likeness (QED) is 0.578. The Bertz CT molecular complexity index is 1030. The fourth-order valence-corrected chi connectivity index (χ4v) is 2.88. The van der Waals surface area contributed by atoms with E-state index in [2.05, 4.69) is 20.6 Å². The number of nitrogens with one attached hydrogen (secondary N) is 2. The van der Waals surface area contributed by atoms with E-state index in [-0.39, 0.29) is 0 Å². The molecule has 4 rings (SSSR count). The summed E-state index contributed by atoms with van der Waals surface area (Å²) in [5.74, 6) is 3.59. The minimum absolute atomic E-state index is 0.361. The summed E-state index contributed by atoms with van der Waals surface area (Å²) in [7, 11) is 3.18. The zero-order valence-corrected chi connectivity index (χ0v) is 16.1. The molecule has 0 atom stereocenters. The van der Waals surface area contributed by atoms with Crippen molar-refractivity contribution < 1.29 is 18.9 Å². The van der Waals surface area contributed by atoms with Crippen LogP contribution in [-0.2, 0) is 0 Å². The topological polar surface area (TPSA) is 113 Å². The van der Waals surface area contributed by atoms with Gasteiger partial charge in [-0.3, -0.25) is 0 Å². The van der Waals surface area contributed by atoms with Gasteiger partial charge in [-0.2, -0.15) is 0 Å². The molecule has 0 spiro atoms. The SMILES string of the molecule is COc1ccc(Nc2ncnc(Nc3ccc4c(c3)OCCO4)c2N)c(OC)c1. The molecule has 0 saturated heterocycles. The Kier molecular flexibility index (Phi) is 5.10. The van der Waals surface area contributed by atoms with Crippen LogP contribution in [0.4, 0.5) is 28.7 Å². The summed E-state index contributed by atoms with van der Waals surface area (Å²) in [6, 6.07) is 11.0. The first-order valence-electron chi connectivity index (χ1n) is 8.94. The summed E-state index contributed by atoms with van der Waals surface area (Å²) >= 11 is 0. The summed E-state index contributed by atoms with van der Waals surface area (Å²) in [5.41, 5.74) is 8.12. The Hall–Kier alpha value is -3.88. The molecule has 2 heterocycles. The molecule has 0 radical (unpaired) electrons. The van der Waals surface area contributed by atoms with Crippen molar-refractivity contribution >= 4 is 28.7 Å². The van der Waals surface area contributed by atoms with E-state index in [4.69, 9.17) is 24.7 Å². The van der Waals surface area contributed by atoms with Crippen molar-refractivity contribution in [2.75, 3.05) is 43.8 Å². The van der Waals surface area contributed by atoms with Crippen LogP contribution in [-0.4, -0.2) is 37.4 Å². The third kappa shape index (κ3) is 3.88. The van der Waals surface area contributed by atoms with Crippen LogP contribution in [0.1, 0.15) is 0 Å². The minimum Gasteiger partial charge on any atom is -0.497 e. The van der Waals surface area contributed by atoms with E-state index in [0.717, 1.165) is 5.69 Å². The smallest absolute Gasteiger partial charge is 0.163 e. The molecule has 29 heavy (non-hydrogen) atoms. The van der Waals surface area contributed by atoms with Gasteiger partial charge in [0.2, 0.25) is 0 Å². The molecule has 9 nitrogen and oxygen atoms in total. The maximum absolute atomic E-state index is 6.29. The maximum atomic E-state index is 6.29. The number of nitrogen functional groups attached to an aromatic ring is 1. The standard InChI is InChI=1S/C20H21N5O4/c1-26-13-4-5-14(16(10-13)27-2)25-20-18(21)19(22-11-23-20)24-12-3-6-15-17(9-12)29-8-7-28-15/h3-6,9-11H,7-8,21H2,1-2H3,(H2,22,23,24,25). The minimum atomic E-state index is 0.361. The number of ether oxygens (including phenoxy) is 4. The highest BCUT2D eigenvalue weighted by Gasteiger charge is 2.15. The summed E-state index contributed by atoms with van der Waals surface area (Å²) < 4.78 is 21.8. The lowest BCUT2D eigenvalue weighted by atomic mass is 10.2. The van der Waals surface area contributed by atoms with Crippen LogP contribution in [0.15, 0.2) is 42.7 Å². The van der Waals surface area contributed by atoms with Crippen LogP contribution in [0, 0.1) is 0 Å². The van der Waals surface area contributed by atoms with E-state index in [1.807, 2.05) is 30.3 Å². The largest absolute Gasteiger partial charge is 0.497 e. The molecule has 0 bridgehead atoms. The highest BCUT2D eigenvalue weighted by Crippen LogP contribution is 2.36. The monoisotopic (exact) mass is 395 g/mol. The molecule has 0 amide bonds. The van der Waals surface area contributed by atoms with Gasteiger partial charge in [0.25, 0.3) is 0 Å². The molecule has 0 unspecified atom stereocenters. The summed E-state index contributed by atoms with van der Waals surface area (Å²) in [6.45, 7) is 1.06. The number of hydrogen-bond acceptors (Lipinski definition) is 9. The van der Waals surface area contributed by atoms with Crippen LogP contribution in [0.25, 0.3) is 0 Å². The Morgan fingerprint density at radius 2 is 1.66 bits per heavy atom. The Labute approximate surface area is 167 Å². The molecule has 0 fully saturated rings. The second-order valence-corrected chi connectivity index (χ2v) is 6.16. The summed E-state index contributed by atoms with van der Waals surface area (Å²) in [5, 5.41) is 6.37. The fraction of sp³-hybridized carbons (Fsp3) is 0.200. The van der Waals surface area contributed by atoms with Crippen molar-refractivity contribution in [1.82, 2.24) is 9.97 Å². The van der Waals surface area contributed by atoms with Gasteiger partial charge in [-0.15, -0.1) is 0 Å². The molecule has 2 aromatic carbocycles. The molecule has 4 N–H and O–H groups in total. The molecule has 1 aliphatic rings. The van der Waals surface area contributed by atoms with E-state index >= 15 is 0 Å². The predicted molar refractivity (Wildman–Crippen MR) is 110 cm³/mol. The Balaban J connectivity index is 1.58. The van der Waals surface area contributed by atoms with Gasteiger partial charge in [0.05, 0.1) is 19.9 Å². The average molecular weight is 395 g/mol. The van der Waals surface area contributed by atoms with Crippen molar-refractivity contribution in [2.45, 2.75) is 0 Å². The molecule has 0 aliphatic carbocycles. The second-order valence-electron chi connectivity index (χ2n) is 6.16. The number of fused-ring (bicyclic) bond motifs is 1. The molecule has 1 aromatic heterocycles. The number of hydrogen-bond donors (Lipinski definition) is 3. The van der Waals surface area contributed by atoms with Crippen molar-refractivity contribution in [3.63, 3.8) is 0 Å². The molecular weight excluding hydrogens is 374 g/mol. The predicted octanol–water partition coefficient (Wildman–Crippen LogP) is 3.33. The van der Waals surface area contributed by atoms with E-state index in [1.54, 1.807) is 20.3 Å². The van der Waals surface area contributed by atoms with Gasteiger partial charge in [-0.1, -0.05) is 0 Å². The number of nitrogens with zero attached hydrogens (tertiary/aromatic N) is 2. The van der Waals surface area contributed by atoms with Crippen molar-refractivity contribution in [2.24, 2.45) is 0 Å². The molecule has 3 aromatic rings. The third-order valence-corrected chi connectivity index (χ3v) is 4.35. The molecule has 1 aliphatic heterocycles. The first kappa shape index (κ1) is 18.5. The molecule has 150 valence electrons. The van der Waals surface area contributed by atoms with Gasteiger partial charge in [0.1, 0.15) is 36.7 Å². The Morgan fingerprint density at radius 1 is 0.897 bits per heavy atom. The number of nitrogens with two attached hydrogens (primary N) is 1. The lowest BCUT2D eigenvalue weighted by molar-refractivity contribution is 0.171. The van der Waals surface area contributed by atoms with Crippen molar-refractivity contribution in [3.8, 4) is 23.0 Å². The van der Waals surface area contributed by atoms with Crippen LogP contribution in [0.3, 0.4) is 0 Å². The van der Waals surface area contributed by atoms with Gasteiger partial charge in [-0.05, 0) is 24.3 Å². The summed E-state index contributed by atoms with van der Waals surface area (Å²) in [6.07, 6.45) is 1.43. The molecular formula is C20H21N5O4. The lowest BCUT2D eigenvalue weighted by Gasteiger charge is -2.19. The third-order valence-electron chi connectivity index (χ3n) is 4.35. The number of benzene rings is 2. The fourth-order valence-electron chi connectivity index (χ4n) is 2.88. The van der Waals surface area contributed by atoms with Crippen molar-refractivity contribution in [1.29, 1.82) is 0 Å². The normalized spacial score (nSPS) is 12.2. The van der Waals surface area contributed by atoms with Crippen molar-refractivity contribution in [3.05, 3.63) is 42.7 Å². The van der Waals surface area contributed by atoms with Crippen LogP contribution in [0.2, 0.25) is 0 Å². The highest BCUT2D eigenvalue weighted by molar-refractivity contribution is 5.81. The molecule has 0 saturated carbocycles. The van der Waals surface area contributed by atoms with Gasteiger partial charge in [0, 0.05) is 17.8 Å². The Morgan fingerprint density at radius 3 is 2.41 bits per heavy atom. The number of rotatable bonds is 6. The maximum Gasteiger partial charge on any atom is 0.163 e. The van der Waals surface area contributed by atoms with Crippen LogP contribution < -0.4 is 35.3 Å². The first-order valence-corrected chi connectivity index (χ1v) is 8.94. The zero-order valence-electron chi connectivity index (χ0n) is 16.1. The first-order chi connectivity index (χ1) is 14.2. The van der Waals surface area contributed by atoms with Gasteiger partial charge in [0.15, 0.2) is 23.1 Å². The van der Waals surface area contributed by atoms with Crippen LogP contribution >= 0.6 is 0 Å². The highest BCUT2D eigenvalue weighted by atomic mass is 16.6. The summed E-state index contributed by atoms with van der Waals surface area (Å²) in [4.78, 5) is 8.49. The molecule has 9 heteroatoms. The zero-order chi connectivity index (χ0) is 20.2. The van der Waals surface area contributed by atoms with Crippen LogP contribution in [0.5, 0.6) is 23.0 Å². The van der Waals surface area contributed by atoms with E-state index in [1.165, 1.54) is 6.33 Å². The van der Waals surface area contributed by atoms with Gasteiger partial charge < -0.3 is 35.3 Å². The van der Waals surface area contributed by atoms with Gasteiger partial charge >= 0.3 is 0 Å². The van der Waals surface area contributed by atoms with E-state index in [9.17, 15) is 0 Å². The van der Waals surface area contributed by atoms with E-state index < -0.39 is 0 Å². The van der Waals surface area contributed by atoms with Gasteiger partial charge in [-0.25, -0.2) is 9.97 Å². The van der Waals surface area contributed by atoms with E-state index in [0.29, 0.717) is 59.2 Å². The second kappa shape index (κ2) is 8.01. The lowest BCUT2D eigenvalue weighted by Crippen LogP contribution is -2.15. The number of methoxy groups -OCH3 is 2. The number of anilines is 5. The average Bonchev–Trinajstić information content (AvgIpc) is 2.76. The number of aromatic nitrogens is 2.